The summed E-state index contributed by atoms with van der Waals surface area (Å²) in [5, 5.41) is 2.99. The molecule has 23 heavy (non-hydrogen) atoms. The summed E-state index contributed by atoms with van der Waals surface area (Å²) in [5.74, 6) is -0.375. The van der Waals surface area contributed by atoms with E-state index in [-0.39, 0.29) is 18.4 Å². The quantitative estimate of drug-likeness (QED) is 0.787. The number of nitrogens with two attached hydrogens (primary N) is 1. The van der Waals surface area contributed by atoms with Crippen LogP contribution in [-0.4, -0.2) is 19.1 Å². The molecule has 0 saturated heterocycles. The average Bonchev–Trinajstić information content (AvgIpc) is 2.60. The maximum absolute atomic E-state index is 12.5. The van der Waals surface area contributed by atoms with Crippen molar-refractivity contribution in [2.45, 2.75) is 26.0 Å². The molecule has 4 heteroatoms. The Balaban J connectivity index is 2.01. The number of ether oxygens (including phenoxy) is 1. The minimum Gasteiger partial charge on any atom is -0.377 e. The molecule has 0 fully saturated rings. The minimum absolute atomic E-state index is 0.0510. The van der Waals surface area contributed by atoms with Crippen LogP contribution in [0.5, 0.6) is 0 Å². The van der Waals surface area contributed by atoms with Crippen molar-refractivity contribution >= 4 is 5.91 Å². The summed E-state index contributed by atoms with van der Waals surface area (Å²) in [5.41, 5.74) is 8.89. The molecule has 0 bridgehead atoms. The average molecular weight is 312 g/mol. The molecule has 1 amide bonds. The van der Waals surface area contributed by atoms with E-state index >= 15 is 0 Å². The second kappa shape index (κ2) is 9.08. The fraction of sp³-hybridized carbons (Fsp3) is 0.316. The van der Waals surface area contributed by atoms with E-state index in [4.69, 9.17) is 10.5 Å². The lowest BCUT2D eigenvalue weighted by molar-refractivity contribution is -0.122. The summed E-state index contributed by atoms with van der Waals surface area (Å²) in [4.78, 5) is 12.5. The Kier molecular flexibility index (Phi) is 6.78. The smallest absolute Gasteiger partial charge is 0.229 e. The van der Waals surface area contributed by atoms with Crippen LogP contribution >= 0.6 is 0 Å². The fourth-order valence-electron chi connectivity index (χ4n) is 2.47. The van der Waals surface area contributed by atoms with Gasteiger partial charge in [-0.05, 0) is 23.6 Å². The number of hydrogen-bond acceptors (Lipinski definition) is 3. The molecule has 1 unspecified atom stereocenters. The van der Waals surface area contributed by atoms with Crippen LogP contribution in [0.2, 0.25) is 0 Å². The lowest BCUT2D eigenvalue weighted by atomic mass is 9.98. The van der Waals surface area contributed by atoms with E-state index in [2.05, 4.69) is 5.32 Å². The van der Waals surface area contributed by atoms with Crippen LogP contribution in [0.1, 0.15) is 29.5 Å². The number of amides is 1. The Bertz CT molecular complexity index is 614. The molecule has 4 nitrogen and oxygen atoms in total. The first kappa shape index (κ1) is 17.2. The number of carbonyl (C=O) groups is 1. The Hall–Kier alpha value is -2.17. The molecule has 0 aliphatic rings. The monoisotopic (exact) mass is 312 g/mol. The number of hydrogen-bond donors (Lipinski definition) is 2. The molecule has 0 aliphatic heterocycles. The predicted octanol–water partition coefficient (Wildman–Crippen LogP) is 2.58. The van der Waals surface area contributed by atoms with E-state index in [1.807, 2.05) is 61.5 Å². The lowest BCUT2D eigenvalue weighted by Gasteiger charge is -2.16. The summed E-state index contributed by atoms with van der Waals surface area (Å²) in [6.07, 6.45) is 0. The van der Waals surface area contributed by atoms with Crippen LogP contribution in [0, 0.1) is 0 Å². The molecule has 0 spiro atoms. The maximum Gasteiger partial charge on any atom is 0.229 e. The maximum atomic E-state index is 12.5. The summed E-state index contributed by atoms with van der Waals surface area (Å²) in [6.45, 7) is 3.96. The molecule has 2 aromatic carbocycles. The van der Waals surface area contributed by atoms with Crippen molar-refractivity contribution in [3.05, 3.63) is 71.3 Å². The van der Waals surface area contributed by atoms with Gasteiger partial charge in [0, 0.05) is 19.7 Å². The van der Waals surface area contributed by atoms with Crippen LogP contribution in [-0.2, 0) is 22.7 Å². The molecule has 2 rings (SSSR count). The standard InChI is InChI=1S/C19H24N2O2/c1-2-23-14-17-11-7-6-10-16(17)13-21-19(22)18(12-20)15-8-4-3-5-9-15/h3-11,18H,2,12-14,20H2,1H3,(H,21,22). The van der Waals surface area contributed by atoms with Crippen molar-refractivity contribution in [2.75, 3.05) is 13.2 Å². The molecule has 0 saturated carbocycles. The van der Waals surface area contributed by atoms with E-state index in [0.29, 0.717) is 19.8 Å². The molecule has 0 heterocycles. The number of carbonyl (C=O) groups excluding carboxylic acids is 1. The van der Waals surface area contributed by atoms with Gasteiger partial charge in [0.25, 0.3) is 0 Å². The third-order valence-electron chi connectivity index (χ3n) is 3.79. The summed E-state index contributed by atoms with van der Waals surface area (Å²) < 4.78 is 5.47. The molecular weight excluding hydrogens is 288 g/mol. The summed E-state index contributed by atoms with van der Waals surface area (Å²) in [7, 11) is 0. The Morgan fingerprint density at radius 1 is 1.09 bits per heavy atom. The number of benzene rings is 2. The zero-order valence-corrected chi connectivity index (χ0v) is 13.5. The van der Waals surface area contributed by atoms with Gasteiger partial charge in [0.2, 0.25) is 5.91 Å². The van der Waals surface area contributed by atoms with Crippen LogP contribution in [0.15, 0.2) is 54.6 Å². The van der Waals surface area contributed by atoms with Crippen LogP contribution in [0.25, 0.3) is 0 Å². The first-order chi connectivity index (χ1) is 11.3. The highest BCUT2D eigenvalue weighted by Gasteiger charge is 2.18. The molecule has 122 valence electrons. The first-order valence-electron chi connectivity index (χ1n) is 7.93. The first-order valence-corrected chi connectivity index (χ1v) is 7.93. The second-order valence-electron chi connectivity index (χ2n) is 5.32. The summed E-state index contributed by atoms with van der Waals surface area (Å²) in [6, 6.07) is 17.6. The van der Waals surface area contributed by atoms with Crippen molar-refractivity contribution in [3.8, 4) is 0 Å². The highest BCUT2D eigenvalue weighted by molar-refractivity contribution is 5.83. The van der Waals surface area contributed by atoms with Gasteiger partial charge >= 0.3 is 0 Å². The largest absolute Gasteiger partial charge is 0.377 e. The normalized spacial score (nSPS) is 11.9. The number of rotatable bonds is 8. The molecule has 0 aromatic heterocycles. The van der Waals surface area contributed by atoms with Gasteiger partial charge in [0.05, 0.1) is 12.5 Å². The van der Waals surface area contributed by atoms with Gasteiger partial charge in [-0.1, -0.05) is 54.6 Å². The molecular formula is C19H24N2O2. The zero-order chi connectivity index (χ0) is 16.5. The van der Waals surface area contributed by atoms with Gasteiger partial charge in [0.15, 0.2) is 0 Å². The van der Waals surface area contributed by atoms with Crippen molar-refractivity contribution in [1.29, 1.82) is 0 Å². The van der Waals surface area contributed by atoms with E-state index in [1.165, 1.54) is 0 Å². The molecule has 0 aliphatic carbocycles. The molecule has 2 aromatic rings. The van der Waals surface area contributed by atoms with Gasteiger partial charge in [-0.15, -0.1) is 0 Å². The van der Waals surface area contributed by atoms with Crippen molar-refractivity contribution in [2.24, 2.45) is 5.73 Å². The van der Waals surface area contributed by atoms with Gasteiger partial charge in [0.1, 0.15) is 0 Å². The van der Waals surface area contributed by atoms with E-state index in [0.717, 1.165) is 16.7 Å². The molecule has 0 radical (unpaired) electrons. The Morgan fingerprint density at radius 2 is 1.74 bits per heavy atom. The third-order valence-corrected chi connectivity index (χ3v) is 3.79. The van der Waals surface area contributed by atoms with Gasteiger partial charge in [-0.3, -0.25) is 4.79 Å². The van der Waals surface area contributed by atoms with Crippen LogP contribution < -0.4 is 11.1 Å². The molecule has 3 N–H and O–H groups in total. The minimum atomic E-state index is -0.324. The van der Waals surface area contributed by atoms with Gasteiger partial charge in [-0.2, -0.15) is 0 Å². The Labute approximate surface area is 137 Å². The van der Waals surface area contributed by atoms with Crippen LogP contribution in [0.4, 0.5) is 0 Å². The molecule has 1 atom stereocenters. The van der Waals surface area contributed by atoms with Gasteiger partial charge in [-0.25, -0.2) is 0 Å². The van der Waals surface area contributed by atoms with E-state index in [9.17, 15) is 4.79 Å². The van der Waals surface area contributed by atoms with Crippen molar-refractivity contribution in [1.82, 2.24) is 5.32 Å². The van der Waals surface area contributed by atoms with Gasteiger partial charge < -0.3 is 15.8 Å². The highest BCUT2D eigenvalue weighted by atomic mass is 16.5. The van der Waals surface area contributed by atoms with Crippen molar-refractivity contribution < 1.29 is 9.53 Å². The van der Waals surface area contributed by atoms with E-state index in [1.54, 1.807) is 0 Å². The van der Waals surface area contributed by atoms with Crippen LogP contribution in [0.3, 0.4) is 0 Å². The third kappa shape index (κ3) is 4.91. The van der Waals surface area contributed by atoms with Crippen molar-refractivity contribution in [3.63, 3.8) is 0 Å². The zero-order valence-electron chi connectivity index (χ0n) is 13.5. The second-order valence-corrected chi connectivity index (χ2v) is 5.32. The Morgan fingerprint density at radius 3 is 2.39 bits per heavy atom. The summed E-state index contributed by atoms with van der Waals surface area (Å²) >= 11 is 0. The number of nitrogens with one attached hydrogen (secondary N) is 1. The highest BCUT2D eigenvalue weighted by Crippen LogP contribution is 2.15. The predicted molar refractivity (Wildman–Crippen MR) is 91.9 cm³/mol. The fourth-order valence-corrected chi connectivity index (χ4v) is 2.47. The SMILES string of the molecule is CCOCc1ccccc1CNC(=O)C(CN)c1ccccc1. The lowest BCUT2D eigenvalue weighted by Crippen LogP contribution is -2.33. The van der Waals surface area contributed by atoms with E-state index < -0.39 is 0 Å². The topological polar surface area (TPSA) is 64.3 Å².